The lowest BCUT2D eigenvalue weighted by molar-refractivity contribution is 0.0765. The average Bonchev–Trinajstić information content (AvgIpc) is 2.64. The van der Waals surface area contributed by atoms with Crippen molar-refractivity contribution in [1.29, 1.82) is 0 Å². The first-order valence-electron chi connectivity index (χ1n) is 6.17. The van der Waals surface area contributed by atoms with E-state index in [0.717, 1.165) is 25.9 Å². The Morgan fingerprint density at radius 2 is 1.71 bits per heavy atom. The lowest BCUT2D eigenvalue weighted by Crippen LogP contribution is -2.38. The minimum Gasteiger partial charge on any atom is -0.316 e. The number of fused-ring (bicyclic) bond motifs is 1. The van der Waals surface area contributed by atoms with E-state index < -0.39 is 5.92 Å². The molecule has 88 valence electrons. The van der Waals surface area contributed by atoms with Gasteiger partial charge in [-0.25, -0.2) is 0 Å². The van der Waals surface area contributed by atoms with Gasteiger partial charge in [0.15, 0.2) is 11.6 Å². The van der Waals surface area contributed by atoms with Crippen molar-refractivity contribution in [3.63, 3.8) is 0 Å². The summed E-state index contributed by atoms with van der Waals surface area (Å²) in [5.41, 5.74) is 1.24. The largest absolute Gasteiger partial charge is 0.316 e. The van der Waals surface area contributed by atoms with E-state index in [0.29, 0.717) is 11.1 Å². The van der Waals surface area contributed by atoms with Crippen LogP contribution in [0.4, 0.5) is 0 Å². The SMILES string of the molecule is O=C1c2ccccc2C(=O)C1C1CCCNC1. The van der Waals surface area contributed by atoms with Crippen LogP contribution >= 0.6 is 0 Å². The Morgan fingerprint density at radius 1 is 1.06 bits per heavy atom. The number of hydrogen-bond acceptors (Lipinski definition) is 3. The Labute approximate surface area is 100 Å². The summed E-state index contributed by atoms with van der Waals surface area (Å²) in [4.78, 5) is 24.5. The van der Waals surface area contributed by atoms with Crippen LogP contribution in [0.25, 0.3) is 0 Å². The summed E-state index contributed by atoms with van der Waals surface area (Å²) in [6, 6.07) is 7.19. The molecule has 3 heteroatoms. The van der Waals surface area contributed by atoms with Gasteiger partial charge < -0.3 is 5.32 Å². The molecule has 0 amide bonds. The number of hydrogen-bond donors (Lipinski definition) is 1. The van der Waals surface area contributed by atoms with E-state index in [1.54, 1.807) is 12.1 Å². The Balaban J connectivity index is 1.94. The van der Waals surface area contributed by atoms with Crippen molar-refractivity contribution in [2.24, 2.45) is 11.8 Å². The van der Waals surface area contributed by atoms with Gasteiger partial charge in [-0.3, -0.25) is 9.59 Å². The molecule has 1 aromatic rings. The highest BCUT2D eigenvalue weighted by Crippen LogP contribution is 2.34. The van der Waals surface area contributed by atoms with Crippen molar-refractivity contribution in [2.75, 3.05) is 13.1 Å². The molecule has 1 heterocycles. The highest BCUT2D eigenvalue weighted by molar-refractivity contribution is 6.26. The Bertz CT molecular complexity index is 440. The molecular formula is C14H15NO2. The summed E-state index contributed by atoms with van der Waals surface area (Å²) in [6.07, 6.45) is 2.03. The maximum absolute atomic E-state index is 12.3. The van der Waals surface area contributed by atoms with Crippen LogP contribution in [-0.4, -0.2) is 24.7 Å². The molecule has 0 radical (unpaired) electrons. The van der Waals surface area contributed by atoms with Crippen molar-refractivity contribution in [2.45, 2.75) is 12.8 Å². The zero-order valence-electron chi connectivity index (χ0n) is 9.61. The zero-order valence-corrected chi connectivity index (χ0v) is 9.61. The van der Waals surface area contributed by atoms with Gasteiger partial charge in [0.1, 0.15) is 0 Å². The number of ketones is 2. The Morgan fingerprint density at radius 3 is 2.24 bits per heavy atom. The van der Waals surface area contributed by atoms with Gasteiger partial charge in [0.25, 0.3) is 0 Å². The first-order valence-corrected chi connectivity index (χ1v) is 6.17. The van der Waals surface area contributed by atoms with Gasteiger partial charge in [0.05, 0.1) is 5.92 Å². The van der Waals surface area contributed by atoms with Crippen LogP contribution in [0.1, 0.15) is 33.6 Å². The van der Waals surface area contributed by atoms with Gasteiger partial charge in [-0.2, -0.15) is 0 Å². The second-order valence-corrected chi connectivity index (χ2v) is 4.86. The van der Waals surface area contributed by atoms with Gasteiger partial charge in [0.2, 0.25) is 0 Å². The minimum atomic E-state index is -0.430. The molecule has 17 heavy (non-hydrogen) atoms. The topological polar surface area (TPSA) is 46.2 Å². The van der Waals surface area contributed by atoms with E-state index in [1.165, 1.54) is 0 Å². The molecule has 3 rings (SSSR count). The Hall–Kier alpha value is -1.48. The number of rotatable bonds is 1. The predicted molar refractivity (Wildman–Crippen MR) is 64.2 cm³/mol. The Kier molecular flexibility index (Phi) is 2.56. The van der Waals surface area contributed by atoms with E-state index in [9.17, 15) is 9.59 Å². The van der Waals surface area contributed by atoms with E-state index in [4.69, 9.17) is 0 Å². The third kappa shape index (κ3) is 1.62. The van der Waals surface area contributed by atoms with Crippen molar-refractivity contribution in [3.8, 4) is 0 Å². The normalized spacial score (nSPS) is 25.1. The first kappa shape index (κ1) is 10.7. The standard InChI is InChI=1S/C14H15NO2/c16-13-10-5-1-2-6-11(10)14(17)12(13)9-4-3-7-15-8-9/h1-2,5-6,9,12,15H,3-4,7-8H2. The summed E-state index contributed by atoms with van der Waals surface area (Å²) in [5.74, 6) is -0.199. The van der Waals surface area contributed by atoms with Gasteiger partial charge >= 0.3 is 0 Å². The number of Topliss-reactive ketones (excluding diaryl/α,β-unsaturated/α-hetero) is 2. The van der Waals surface area contributed by atoms with E-state index in [-0.39, 0.29) is 17.5 Å². The van der Waals surface area contributed by atoms with Crippen LogP contribution in [0.2, 0.25) is 0 Å². The molecule has 1 fully saturated rings. The van der Waals surface area contributed by atoms with Crippen molar-refractivity contribution >= 4 is 11.6 Å². The third-order valence-electron chi connectivity index (χ3n) is 3.83. The van der Waals surface area contributed by atoms with Crippen molar-refractivity contribution < 1.29 is 9.59 Å². The molecule has 1 atom stereocenters. The molecular weight excluding hydrogens is 214 g/mol. The van der Waals surface area contributed by atoms with Crippen LogP contribution in [0.15, 0.2) is 24.3 Å². The van der Waals surface area contributed by atoms with Crippen LogP contribution in [0, 0.1) is 11.8 Å². The van der Waals surface area contributed by atoms with Gasteiger partial charge in [-0.15, -0.1) is 0 Å². The van der Waals surface area contributed by atoms with Crippen LogP contribution < -0.4 is 5.32 Å². The molecule has 1 saturated heterocycles. The lowest BCUT2D eigenvalue weighted by Gasteiger charge is -2.26. The fraction of sp³-hybridized carbons (Fsp3) is 0.429. The fourth-order valence-electron chi connectivity index (χ4n) is 2.96. The van der Waals surface area contributed by atoms with E-state index in [2.05, 4.69) is 5.32 Å². The second-order valence-electron chi connectivity index (χ2n) is 4.86. The average molecular weight is 229 g/mol. The minimum absolute atomic E-state index is 0.0271. The van der Waals surface area contributed by atoms with Crippen molar-refractivity contribution in [1.82, 2.24) is 5.32 Å². The van der Waals surface area contributed by atoms with Gasteiger partial charge in [0, 0.05) is 11.1 Å². The molecule has 1 aliphatic carbocycles. The quantitative estimate of drug-likeness (QED) is 0.745. The zero-order chi connectivity index (χ0) is 11.8. The lowest BCUT2D eigenvalue weighted by atomic mass is 9.83. The predicted octanol–water partition coefficient (Wildman–Crippen LogP) is 1.68. The summed E-state index contributed by atoms with van der Waals surface area (Å²) in [5, 5.41) is 3.28. The molecule has 0 aromatic heterocycles. The fourth-order valence-corrected chi connectivity index (χ4v) is 2.96. The highest BCUT2D eigenvalue weighted by Gasteiger charge is 2.43. The maximum Gasteiger partial charge on any atom is 0.174 e. The molecule has 1 aromatic carbocycles. The number of benzene rings is 1. The number of nitrogens with one attached hydrogen (secondary N) is 1. The van der Waals surface area contributed by atoms with Gasteiger partial charge in [-0.1, -0.05) is 24.3 Å². The third-order valence-corrected chi connectivity index (χ3v) is 3.83. The molecule has 3 nitrogen and oxygen atoms in total. The maximum atomic E-state index is 12.3. The molecule has 1 N–H and O–H groups in total. The highest BCUT2D eigenvalue weighted by atomic mass is 16.2. The van der Waals surface area contributed by atoms with Crippen molar-refractivity contribution in [3.05, 3.63) is 35.4 Å². The van der Waals surface area contributed by atoms with Gasteiger partial charge in [-0.05, 0) is 31.8 Å². The monoisotopic (exact) mass is 229 g/mol. The number of carbonyl (C=O) groups excluding carboxylic acids is 2. The molecule has 0 spiro atoms. The summed E-state index contributed by atoms with van der Waals surface area (Å²) >= 11 is 0. The first-order chi connectivity index (χ1) is 8.29. The molecule has 0 bridgehead atoms. The molecule has 0 saturated carbocycles. The summed E-state index contributed by atoms with van der Waals surface area (Å²) in [6.45, 7) is 1.79. The summed E-state index contributed by atoms with van der Waals surface area (Å²) in [7, 11) is 0. The van der Waals surface area contributed by atoms with E-state index in [1.807, 2.05) is 12.1 Å². The molecule has 1 unspecified atom stereocenters. The van der Waals surface area contributed by atoms with Crippen LogP contribution in [0.3, 0.4) is 0 Å². The van der Waals surface area contributed by atoms with Crippen LogP contribution in [0.5, 0.6) is 0 Å². The summed E-state index contributed by atoms with van der Waals surface area (Å²) < 4.78 is 0. The number of piperidine rings is 1. The molecule has 1 aliphatic heterocycles. The molecule has 2 aliphatic rings. The number of carbonyl (C=O) groups is 2. The second kappa shape index (κ2) is 4.08. The van der Waals surface area contributed by atoms with Crippen LogP contribution in [-0.2, 0) is 0 Å². The van der Waals surface area contributed by atoms with E-state index >= 15 is 0 Å². The smallest absolute Gasteiger partial charge is 0.174 e.